The summed E-state index contributed by atoms with van der Waals surface area (Å²) in [7, 11) is 0. The fourth-order valence-corrected chi connectivity index (χ4v) is 2.50. The number of benzene rings is 1. The van der Waals surface area contributed by atoms with E-state index in [1.165, 1.54) is 0 Å². The van der Waals surface area contributed by atoms with Gasteiger partial charge < -0.3 is 9.84 Å². The zero-order valence-electron chi connectivity index (χ0n) is 11.6. The van der Waals surface area contributed by atoms with Crippen molar-refractivity contribution in [2.75, 3.05) is 6.61 Å². The molecule has 0 heterocycles. The number of carbonyl (C=O) groups is 2. The Hall–Kier alpha value is -2.10. The Labute approximate surface area is 118 Å². The highest BCUT2D eigenvalue weighted by Gasteiger charge is 2.38. The average molecular weight is 274 g/mol. The summed E-state index contributed by atoms with van der Waals surface area (Å²) in [6.45, 7) is 3.93. The van der Waals surface area contributed by atoms with Crippen molar-refractivity contribution in [3.63, 3.8) is 0 Å². The smallest absolute Gasteiger partial charge is 0.317 e. The molecule has 0 aromatic heterocycles. The van der Waals surface area contributed by atoms with Crippen molar-refractivity contribution >= 4 is 11.8 Å². The second-order valence-corrected chi connectivity index (χ2v) is 4.99. The van der Waals surface area contributed by atoms with Crippen molar-refractivity contribution < 1.29 is 19.4 Å². The van der Waals surface area contributed by atoms with E-state index in [0.717, 1.165) is 17.2 Å². The molecule has 4 nitrogen and oxygen atoms in total. The fraction of sp³-hybridized carbons (Fsp3) is 0.375. The molecule has 20 heavy (non-hydrogen) atoms. The standard InChI is InChI=1S/C16H18O4/c1-3-20-16(19)15-13(8-12(17)9-14(15)18)11-6-4-10(2)5-7-11/h4-7,9,13,15,18H,3,8H2,1-2H3. The second-order valence-electron chi connectivity index (χ2n) is 4.99. The zero-order chi connectivity index (χ0) is 14.7. The largest absolute Gasteiger partial charge is 0.511 e. The number of ketones is 1. The third-order valence-electron chi connectivity index (χ3n) is 3.50. The van der Waals surface area contributed by atoms with E-state index in [1.807, 2.05) is 31.2 Å². The molecule has 2 atom stereocenters. The van der Waals surface area contributed by atoms with Crippen LogP contribution >= 0.6 is 0 Å². The lowest BCUT2D eigenvalue weighted by Gasteiger charge is -2.28. The van der Waals surface area contributed by atoms with Crippen LogP contribution in [-0.2, 0) is 14.3 Å². The Morgan fingerprint density at radius 2 is 2.00 bits per heavy atom. The van der Waals surface area contributed by atoms with Crippen LogP contribution in [0.1, 0.15) is 30.4 Å². The van der Waals surface area contributed by atoms with Crippen LogP contribution < -0.4 is 0 Å². The molecule has 0 amide bonds. The van der Waals surface area contributed by atoms with Crippen LogP contribution in [0.5, 0.6) is 0 Å². The molecule has 2 unspecified atom stereocenters. The van der Waals surface area contributed by atoms with Crippen molar-refractivity contribution in [1.29, 1.82) is 0 Å². The summed E-state index contributed by atoms with van der Waals surface area (Å²) < 4.78 is 5.01. The SMILES string of the molecule is CCOC(=O)C1C(O)=CC(=O)CC1c1ccc(C)cc1. The third kappa shape index (κ3) is 2.90. The third-order valence-corrected chi connectivity index (χ3v) is 3.50. The molecule has 106 valence electrons. The molecule has 1 aliphatic rings. The lowest BCUT2D eigenvalue weighted by atomic mass is 9.77. The molecule has 1 aromatic rings. The lowest BCUT2D eigenvalue weighted by molar-refractivity contribution is -0.148. The molecular weight excluding hydrogens is 256 g/mol. The quantitative estimate of drug-likeness (QED) is 0.861. The van der Waals surface area contributed by atoms with Gasteiger partial charge in [0.15, 0.2) is 5.78 Å². The first kappa shape index (κ1) is 14.3. The maximum atomic E-state index is 12.0. The molecule has 1 N–H and O–H groups in total. The predicted molar refractivity (Wildman–Crippen MR) is 74.4 cm³/mol. The molecule has 0 saturated carbocycles. The first-order valence-corrected chi connectivity index (χ1v) is 6.69. The van der Waals surface area contributed by atoms with Gasteiger partial charge in [0, 0.05) is 18.4 Å². The predicted octanol–water partition coefficient (Wildman–Crippen LogP) is 2.67. The van der Waals surface area contributed by atoms with Crippen LogP contribution in [-0.4, -0.2) is 23.5 Å². The topological polar surface area (TPSA) is 63.6 Å². The van der Waals surface area contributed by atoms with Gasteiger partial charge in [-0.15, -0.1) is 0 Å². The first-order chi connectivity index (χ1) is 9.52. The van der Waals surface area contributed by atoms with Crippen molar-refractivity contribution in [3.05, 3.63) is 47.2 Å². The summed E-state index contributed by atoms with van der Waals surface area (Å²) in [4.78, 5) is 23.7. The van der Waals surface area contributed by atoms with E-state index in [4.69, 9.17) is 4.74 Å². The average Bonchev–Trinajstić information content (AvgIpc) is 2.38. The minimum Gasteiger partial charge on any atom is -0.511 e. The van der Waals surface area contributed by atoms with E-state index in [9.17, 15) is 14.7 Å². The summed E-state index contributed by atoms with van der Waals surface area (Å²) in [5, 5.41) is 9.96. The van der Waals surface area contributed by atoms with Gasteiger partial charge in [-0.1, -0.05) is 29.8 Å². The molecule has 1 aliphatic carbocycles. The molecular formula is C16H18O4. The minimum atomic E-state index is -0.796. The van der Waals surface area contributed by atoms with Crippen LogP contribution in [0, 0.1) is 12.8 Å². The van der Waals surface area contributed by atoms with Gasteiger partial charge in [-0.3, -0.25) is 9.59 Å². The number of aryl methyl sites for hydroxylation is 1. The van der Waals surface area contributed by atoms with E-state index in [-0.39, 0.29) is 30.5 Å². The van der Waals surface area contributed by atoms with Gasteiger partial charge in [-0.25, -0.2) is 0 Å². The molecule has 0 fully saturated rings. The Kier molecular flexibility index (Phi) is 4.23. The van der Waals surface area contributed by atoms with E-state index >= 15 is 0 Å². The summed E-state index contributed by atoms with van der Waals surface area (Å²) in [6, 6.07) is 7.63. The van der Waals surface area contributed by atoms with Crippen molar-refractivity contribution in [2.45, 2.75) is 26.2 Å². The molecule has 0 aliphatic heterocycles. The number of esters is 1. The van der Waals surface area contributed by atoms with E-state index in [2.05, 4.69) is 0 Å². The second kappa shape index (κ2) is 5.90. The molecule has 0 saturated heterocycles. The summed E-state index contributed by atoms with van der Waals surface area (Å²) in [6.07, 6.45) is 1.34. The van der Waals surface area contributed by atoms with Gasteiger partial charge >= 0.3 is 5.97 Å². The highest BCUT2D eigenvalue weighted by molar-refractivity contribution is 5.94. The van der Waals surface area contributed by atoms with E-state index in [1.54, 1.807) is 6.92 Å². The summed E-state index contributed by atoms with van der Waals surface area (Å²) >= 11 is 0. The minimum absolute atomic E-state index is 0.173. The Morgan fingerprint density at radius 1 is 1.35 bits per heavy atom. The zero-order valence-corrected chi connectivity index (χ0v) is 11.6. The number of aliphatic hydroxyl groups is 1. The maximum Gasteiger partial charge on any atom is 0.317 e. The number of hydrogen-bond donors (Lipinski definition) is 1. The normalized spacial score (nSPS) is 22.3. The van der Waals surface area contributed by atoms with Crippen LogP contribution in [0.25, 0.3) is 0 Å². The summed E-state index contributed by atoms with van der Waals surface area (Å²) in [5.41, 5.74) is 1.96. The fourth-order valence-electron chi connectivity index (χ4n) is 2.50. The Morgan fingerprint density at radius 3 is 2.60 bits per heavy atom. The number of allylic oxidation sites excluding steroid dienone is 1. The van der Waals surface area contributed by atoms with Gasteiger partial charge in [0.05, 0.1) is 6.61 Å². The van der Waals surface area contributed by atoms with Gasteiger partial charge in [-0.05, 0) is 19.4 Å². The molecule has 2 rings (SSSR count). The van der Waals surface area contributed by atoms with Gasteiger partial charge in [-0.2, -0.15) is 0 Å². The van der Waals surface area contributed by atoms with Crippen molar-refractivity contribution in [1.82, 2.24) is 0 Å². The molecule has 4 heteroatoms. The van der Waals surface area contributed by atoms with Crippen molar-refractivity contribution in [3.8, 4) is 0 Å². The highest BCUT2D eigenvalue weighted by atomic mass is 16.5. The molecule has 0 bridgehead atoms. The van der Waals surface area contributed by atoms with E-state index in [0.29, 0.717) is 0 Å². The van der Waals surface area contributed by atoms with Crippen LogP contribution in [0.2, 0.25) is 0 Å². The highest BCUT2D eigenvalue weighted by Crippen LogP contribution is 2.37. The number of carbonyl (C=O) groups excluding carboxylic acids is 2. The van der Waals surface area contributed by atoms with Gasteiger partial charge in [0.25, 0.3) is 0 Å². The van der Waals surface area contributed by atoms with Crippen LogP contribution in [0.3, 0.4) is 0 Å². The van der Waals surface area contributed by atoms with Crippen LogP contribution in [0.4, 0.5) is 0 Å². The first-order valence-electron chi connectivity index (χ1n) is 6.69. The van der Waals surface area contributed by atoms with Crippen LogP contribution in [0.15, 0.2) is 36.1 Å². The number of hydrogen-bond acceptors (Lipinski definition) is 4. The van der Waals surface area contributed by atoms with E-state index < -0.39 is 11.9 Å². The number of rotatable bonds is 3. The van der Waals surface area contributed by atoms with Gasteiger partial charge in [0.1, 0.15) is 11.7 Å². The number of aliphatic hydroxyl groups excluding tert-OH is 1. The molecule has 1 aromatic carbocycles. The van der Waals surface area contributed by atoms with Crippen molar-refractivity contribution in [2.24, 2.45) is 5.92 Å². The summed E-state index contributed by atoms with van der Waals surface area (Å²) in [5.74, 6) is -2.03. The molecule has 0 spiro atoms. The Balaban J connectivity index is 2.37. The van der Waals surface area contributed by atoms with Gasteiger partial charge in [0.2, 0.25) is 0 Å². The lowest BCUT2D eigenvalue weighted by Crippen LogP contribution is -2.31. The number of ether oxygens (including phenoxy) is 1. The monoisotopic (exact) mass is 274 g/mol. The maximum absolute atomic E-state index is 12.0. The Bertz CT molecular complexity index is 542. The molecule has 0 radical (unpaired) electrons.